The van der Waals surface area contributed by atoms with Gasteiger partial charge in [0.2, 0.25) is 0 Å². The summed E-state index contributed by atoms with van der Waals surface area (Å²) in [5, 5.41) is 40.8. The van der Waals surface area contributed by atoms with Crippen molar-refractivity contribution in [2.45, 2.75) is 30.6 Å². The molecule has 0 aromatic heterocycles. The lowest BCUT2D eigenvalue weighted by Gasteiger charge is -2.40. The Bertz CT molecular complexity index is 276. The molecule has 0 amide bonds. The van der Waals surface area contributed by atoms with Crippen LogP contribution in [0.2, 0.25) is 0 Å². The highest BCUT2D eigenvalue weighted by Crippen LogP contribution is 2.19. The average Bonchev–Trinajstić information content (AvgIpc) is 2.29. The second-order valence-electron chi connectivity index (χ2n) is 4.09. The minimum atomic E-state index is -1.40. The molecule has 0 aromatic rings. The summed E-state index contributed by atoms with van der Waals surface area (Å²) in [4.78, 5) is 1.59. The largest absolute Gasteiger partial charge is 0.394 e. The fourth-order valence-corrected chi connectivity index (χ4v) is 1.59. The summed E-state index contributed by atoms with van der Waals surface area (Å²) in [7, 11) is 3.42. The maximum atomic E-state index is 9.69. The lowest BCUT2D eigenvalue weighted by molar-refractivity contribution is -0.232. The molecule has 0 radical (unpaired) electrons. The van der Waals surface area contributed by atoms with E-state index in [2.05, 4.69) is 5.32 Å². The summed E-state index contributed by atoms with van der Waals surface area (Å²) in [6.07, 6.45) is -5.99. The molecule has 0 aromatic carbocycles. The molecule has 5 N–H and O–H groups in total. The molecule has 100 valence electrons. The molecule has 1 aliphatic heterocycles. The predicted octanol–water partition coefficient (Wildman–Crippen LogP) is -2.78. The smallest absolute Gasteiger partial charge is 0.170 e. The van der Waals surface area contributed by atoms with Crippen LogP contribution in [0.5, 0.6) is 0 Å². The van der Waals surface area contributed by atoms with Crippen molar-refractivity contribution < 1.29 is 25.2 Å². The van der Waals surface area contributed by atoms with Gasteiger partial charge in [0, 0.05) is 14.1 Å². The molecule has 1 saturated heterocycles. The quantitative estimate of drug-likeness (QED) is 0.342. The zero-order valence-corrected chi connectivity index (χ0v) is 10.5. The monoisotopic (exact) mass is 266 g/mol. The molecular weight excluding hydrogens is 248 g/mol. The Hall–Kier alpha value is -0.510. The maximum absolute atomic E-state index is 9.69. The summed E-state index contributed by atoms with van der Waals surface area (Å²) >= 11 is 4.97. The van der Waals surface area contributed by atoms with Crippen molar-refractivity contribution in [1.82, 2.24) is 10.2 Å². The molecule has 8 heteroatoms. The summed E-state index contributed by atoms with van der Waals surface area (Å²) in [6, 6.07) is 0. The third-order valence-corrected chi connectivity index (χ3v) is 3.05. The first-order valence-electron chi connectivity index (χ1n) is 5.16. The average molecular weight is 266 g/mol. The molecule has 5 atom stereocenters. The zero-order valence-electron chi connectivity index (χ0n) is 9.65. The van der Waals surface area contributed by atoms with Gasteiger partial charge in [-0.05, 0) is 12.2 Å². The van der Waals surface area contributed by atoms with Crippen molar-refractivity contribution >= 4 is 17.3 Å². The van der Waals surface area contributed by atoms with Gasteiger partial charge < -0.3 is 35.4 Å². The van der Waals surface area contributed by atoms with E-state index in [1.54, 1.807) is 19.0 Å². The summed E-state index contributed by atoms with van der Waals surface area (Å²) in [5.74, 6) is 0. The van der Waals surface area contributed by atoms with Gasteiger partial charge in [-0.15, -0.1) is 0 Å². The number of aliphatic hydroxyl groups excluding tert-OH is 4. The first-order chi connectivity index (χ1) is 7.88. The van der Waals surface area contributed by atoms with Crippen molar-refractivity contribution in [3.8, 4) is 0 Å². The van der Waals surface area contributed by atoms with Crippen LogP contribution in [0.4, 0.5) is 0 Å². The summed E-state index contributed by atoms with van der Waals surface area (Å²) < 4.78 is 5.22. The number of aliphatic hydroxyl groups is 4. The van der Waals surface area contributed by atoms with E-state index in [9.17, 15) is 15.3 Å². The molecular formula is C9H18N2O5S. The Kier molecular flexibility index (Phi) is 5.04. The topological polar surface area (TPSA) is 105 Å². The minimum absolute atomic E-state index is 0.314. The van der Waals surface area contributed by atoms with Crippen LogP contribution in [0.15, 0.2) is 0 Å². The molecule has 0 bridgehead atoms. The number of nitrogens with one attached hydrogen (secondary N) is 1. The SMILES string of the molecule is CN(C)C(=S)N[C@@H]1O[C@H](CO)[C@@H](O)[C@H](O)[C@H]1O. The second kappa shape index (κ2) is 5.89. The maximum Gasteiger partial charge on any atom is 0.170 e. The van der Waals surface area contributed by atoms with Crippen LogP contribution in [0, 0.1) is 0 Å². The van der Waals surface area contributed by atoms with Crippen LogP contribution in [-0.2, 0) is 4.74 Å². The van der Waals surface area contributed by atoms with E-state index in [-0.39, 0.29) is 0 Å². The zero-order chi connectivity index (χ0) is 13.2. The molecule has 1 fully saturated rings. The normalized spacial score (nSPS) is 37.6. The third kappa shape index (κ3) is 3.24. The minimum Gasteiger partial charge on any atom is -0.394 e. The summed E-state index contributed by atoms with van der Waals surface area (Å²) in [6.45, 7) is -0.460. The van der Waals surface area contributed by atoms with Crippen LogP contribution in [-0.4, -0.2) is 81.8 Å². The Balaban J connectivity index is 2.69. The molecule has 0 spiro atoms. The predicted molar refractivity (Wildman–Crippen MR) is 63.2 cm³/mol. The highest BCUT2D eigenvalue weighted by Gasteiger charge is 2.43. The van der Waals surface area contributed by atoms with Crippen LogP contribution >= 0.6 is 12.2 Å². The summed E-state index contributed by atoms with van der Waals surface area (Å²) in [5.41, 5.74) is 0. The number of hydrogen-bond donors (Lipinski definition) is 5. The third-order valence-electron chi connectivity index (χ3n) is 2.56. The van der Waals surface area contributed by atoms with Crippen molar-refractivity contribution in [3.05, 3.63) is 0 Å². The number of thiocarbonyl (C=S) groups is 1. The molecule has 1 rings (SSSR count). The van der Waals surface area contributed by atoms with E-state index in [4.69, 9.17) is 22.1 Å². The molecule has 1 heterocycles. The van der Waals surface area contributed by atoms with Gasteiger partial charge in [-0.25, -0.2) is 0 Å². The standard InChI is InChI=1S/C9H18N2O5S/c1-11(2)9(17)10-8-7(15)6(14)5(13)4(3-12)16-8/h4-8,12-15H,3H2,1-2H3,(H,10,17)/t4-,5-,6+,7-,8-/m1/s1. The lowest BCUT2D eigenvalue weighted by atomic mass is 9.98. The van der Waals surface area contributed by atoms with Gasteiger partial charge in [-0.3, -0.25) is 0 Å². The molecule has 17 heavy (non-hydrogen) atoms. The molecule has 0 unspecified atom stereocenters. The molecule has 0 saturated carbocycles. The Morgan fingerprint density at radius 1 is 1.24 bits per heavy atom. The second-order valence-corrected chi connectivity index (χ2v) is 4.48. The van der Waals surface area contributed by atoms with Crippen LogP contribution in [0.1, 0.15) is 0 Å². The van der Waals surface area contributed by atoms with E-state index < -0.39 is 37.3 Å². The van der Waals surface area contributed by atoms with Crippen molar-refractivity contribution in [2.75, 3.05) is 20.7 Å². The van der Waals surface area contributed by atoms with E-state index >= 15 is 0 Å². The highest BCUT2D eigenvalue weighted by molar-refractivity contribution is 7.80. The first-order valence-corrected chi connectivity index (χ1v) is 5.57. The Morgan fingerprint density at radius 2 is 1.82 bits per heavy atom. The van der Waals surface area contributed by atoms with Gasteiger partial charge in [-0.1, -0.05) is 0 Å². The van der Waals surface area contributed by atoms with E-state index in [1.807, 2.05) is 0 Å². The van der Waals surface area contributed by atoms with Crippen molar-refractivity contribution in [3.63, 3.8) is 0 Å². The Morgan fingerprint density at radius 3 is 2.29 bits per heavy atom. The van der Waals surface area contributed by atoms with Crippen molar-refractivity contribution in [1.29, 1.82) is 0 Å². The van der Waals surface area contributed by atoms with E-state index in [0.717, 1.165) is 0 Å². The number of nitrogens with zero attached hydrogens (tertiary/aromatic N) is 1. The lowest BCUT2D eigenvalue weighted by Crippen LogP contribution is -2.63. The van der Waals surface area contributed by atoms with Gasteiger partial charge in [0.15, 0.2) is 11.3 Å². The van der Waals surface area contributed by atoms with Gasteiger partial charge in [0.1, 0.15) is 24.4 Å². The fourth-order valence-electron chi connectivity index (χ4n) is 1.47. The number of hydrogen-bond acceptors (Lipinski definition) is 6. The van der Waals surface area contributed by atoms with Gasteiger partial charge >= 0.3 is 0 Å². The number of ether oxygens (including phenoxy) is 1. The van der Waals surface area contributed by atoms with Gasteiger partial charge in [-0.2, -0.15) is 0 Å². The van der Waals surface area contributed by atoms with E-state index in [1.165, 1.54) is 0 Å². The molecule has 1 aliphatic rings. The van der Waals surface area contributed by atoms with Crippen molar-refractivity contribution in [2.24, 2.45) is 0 Å². The first kappa shape index (κ1) is 14.6. The molecule has 0 aliphatic carbocycles. The Labute approximate surface area is 105 Å². The van der Waals surface area contributed by atoms with Crippen LogP contribution in [0.25, 0.3) is 0 Å². The molecule has 7 nitrogen and oxygen atoms in total. The highest BCUT2D eigenvalue weighted by atomic mass is 32.1. The van der Waals surface area contributed by atoms with Crippen LogP contribution in [0.3, 0.4) is 0 Å². The van der Waals surface area contributed by atoms with Gasteiger partial charge in [0.25, 0.3) is 0 Å². The van der Waals surface area contributed by atoms with Gasteiger partial charge in [0.05, 0.1) is 6.61 Å². The van der Waals surface area contributed by atoms with Crippen LogP contribution < -0.4 is 5.32 Å². The fraction of sp³-hybridized carbons (Fsp3) is 0.889. The number of rotatable bonds is 2. The van der Waals surface area contributed by atoms with E-state index in [0.29, 0.717) is 5.11 Å².